The Bertz CT molecular complexity index is 1300. The first-order valence-corrected chi connectivity index (χ1v) is 11.4. The summed E-state index contributed by atoms with van der Waals surface area (Å²) in [6.07, 6.45) is 0. The summed E-state index contributed by atoms with van der Waals surface area (Å²) in [4.78, 5) is 5.46. The number of thiazole rings is 2. The molecule has 3 aromatic carbocycles. The lowest BCUT2D eigenvalue weighted by Gasteiger charge is -2.09. The van der Waals surface area contributed by atoms with Gasteiger partial charge in [-0.2, -0.15) is 0 Å². The van der Waals surface area contributed by atoms with Crippen LogP contribution in [0.2, 0.25) is 0 Å². The zero-order valence-corrected chi connectivity index (χ0v) is 18.3. The van der Waals surface area contributed by atoms with E-state index in [1.165, 1.54) is 0 Å². The molecule has 0 aliphatic carbocycles. The predicted octanol–water partition coefficient (Wildman–Crippen LogP) is 6.51. The minimum atomic E-state index is 0.782. The number of para-hydroxylation sites is 2. The normalized spacial score (nSPS) is 11.8. The van der Waals surface area contributed by atoms with Crippen molar-refractivity contribution in [1.29, 1.82) is 0 Å². The second-order valence-electron chi connectivity index (χ2n) is 6.29. The molecule has 0 unspecified atom stereocenters. The molecule has 0 radical (unpaired) electrons. The second-order valence-corrected chi connectivity index (χ2v) is 9.07. The number of rotatable bonds is 4. The fourth-order valence-electron chi connectivity index (χ4n) is 3.05. The number of aromatic nitrogens is 2. The molecule has 142 valence electrons. The van der Waals surface area contributed by atoms with Crippen molar-refractivity contribution in [3.8, 4) is 16.9 Å². The molecule has 2 aromatic heterocycles. The first kappa shape index (κ1) is 18.3. The summed E-state index contributed by atoms with van der Waals surface area (Å²) >= 11 is 6.71. The van der Waals surface area contributed by atoms with E-state index in [9.17, 15) is 0 Å². The van der Waals surface area contributed by atoms with Gasteiger partial charge in [0.15, 0.2) is 0 Å². The molecule has 5 aromatic rings. The van der Waals surface area contributed by atoms with Crippen molar-refractivity contribution in [3.63, 3.8) is 0 Å². The molecule has 29 heavy (non-hydrogen) atoms. The molecule has 5 rings (SSSR count). The third-order valence-electron chi connectivity index (χ3n) is 4.40. The van der Waals surface area contributed by atoms with Crippen LogP contribution in [-0.2, 0) is 0 Å². The average molecular weight is 479 g/mol. The van der Waals surface area contributed by atoms with Crippen molar-refractivity contribution >= 4 is 54.0 Å². The Labute approximate surface area is 183 Å². The Hall–Kier alpha value is -2.74. The molecule has 0 atom stereocenters. The van der Waals surface area contributed by atoms with Gasteiger partial charge in [0.1, 0.15) is 0 Å². The largest absolute Gasteiger partial charge is 0.284 e. The van der Waals surface area contributed by atoms with Crippen LogP contribution < -0.4 is 10.2 Å². The SMILES string of the molecule is Brc1ccc(-c2cs/c(=N/Nc3nc4ccccc4s3)n2-c2ccccc2)cc1. The van der Waals surface area contributed by atoms with E-state index >= 15 is 0 Å². The Morgan fingerprint density at radius 2 is 1.66 bits per heavy atom. The van der Waals surface area contributed by atoms with Gasteiger partial charge in [-0.05, 0) is 42.0 Å². The van der Waals surface area contributed by atoms with Crippen LogP contribution in [0.25, 0.3) is 27.2 Å². The van der Waals surface area contributed by atoms with E-state index in [0.717, 1.165) is 41.6 Å². The van der Waals surface area contributed by atoms with Gasteiger partial charge < -0.3 is 0 Å². The minimum absolute atomic E-state index is 0.782. The van der Waals surface area contributed by atoms with Crippen LogP contribution in [0.1, 0.15) is 0 Å². The fourth-order valence-corrected chi connectivity index (χ4v) is 4.99. The third kappa shape index (κ3) is 3.76. The first-order chi connectivity index (χ1) is 14.3. The number of anilines is 1. The van der Waals surface area contributed by atoms with Crippen LogP contribution in [0.4, 0.5) is 5.13 Å². The molecule has 1 N–H and O–H groups in total. The van der Waals surface area contributed by atoms with E-state index in [1.54, 1.807) is 22.7 Å². The van der Waals surface area contributed by atoms with Gasteiger partial charge in [0, 0.05) is 15.5 Å². The maximum atomic E-state index is 4.68. The molecule has 0 fully saturated rings. The van der Waals surface area contributed by atoms with Crippen LogP contribution in [0.5, 0.6) is 0 Å². The van der Waals surface area contributed by atoms with Gasteiger partial charge in [-0.1, -0.05) is 69.7 Å². The van der Waals surface area contributed by atoms with Gasteiger partial charge in [0.2, 0.25) is 9.93 Å². The van der Waals surface area contributed by atoms with E-state index in [2.05, 4.69) is 83.9 Å². The van der Waals surface area contributed by atoms with Crippen LogP contribution in [0.3, 0.4) is 0 Å². The molecule has 2 heterocycles. The van der Waals surface area contributed by atoms with Crippen LogP contribution in [-0.4, -0.2) is 9.55 Å². The quantitative estimate of drug-likeness (QED) is 0.299. The summed E-state index contributed by atoms with van der Waals surface area (Å²) in [6, 6.07) is 26.7. The van der Waals surface area contributed by atoms with Gasteiger partial charge in [-0.15, -0.1) is 16.4 Å². The topological polar surface area (TPSA) is 42.2 Å². The van der Waals surface area contributed by atoms with Crippen molar-refractivity contribution in [2.24, 2.45) is 5.10 Å². The zero-order chi connectivity index (χ0) is 19.6. The Balaban J connectivity index is 1.60. The number of halogens is 1. The van der Waals surface area contributed by atoms with E-state index in [0.29, 0.717) is 0 Å². The number of fused-ring (bicyclic) bond motifs is 1. The molecule has 0 bridgehead atoms. The molecule has 0 amide bonds. The fraction of sp³-hybridized carbons (Fsp3) is 0. The number of nitrogens with one attached hydrogen (secondary N) is 1. The second kappa shape index (κ2) is 7.94. The van der Waals surface area contributed by atoms with E-state index in [-0.39, 0.29) is 0 Å². The molecule has 0 spiro atoms. The molecule has 0 aliphatic rings. The summed E-state index contributed by atoms with van der Waals surface area (Å²) in [5.74, 6) is 0. The highest BCUT2D eigenvalue weighted by Gasteiger charge is 2.10. The summed E-state index contributed by atoms with van der Waals surface area (Å²) in [5.41, 5.74) is 7.42. The average Bonchev–Trinajstić information content (AvgIpc) is 3.37. The summed E-state index contributed by atoms with van der Waals surface area (Å²) in [7, 11) is 0. The lowest BCUT2D eigenvalue weighted by molar-refractivity contribution is 0.991. The van der Waals surface area contributed by atoms with E-state index < -0.39 is 0 Å². The Kier molecular flexibility index (Phi) is 5.01. The zero-order valence-electron chi connectivity index (χ0n) is 15.1. The number of nitrogens with zero attached hydrogens (tertiary/aromatic N) is 3. The first-order valence-electron chi connectivity index (χ1n) is 8.95. The van der Waals surface area contributed by atoms with Gasteiger partial charge >= 0.3 is 0 Å². The van der Waals surface area contributed by atoms with Crippen molar-refractivity contribution < 1.29 is 0 Å². The lowest BCUT2D eigenvalue weighted by Crippen LogP contribution is -2.15. The van der Waals surface area contributed by atoms with Crippen molar-refractivity contribution in [2.45, 2.75) is 0 Å². The van der Waals surface area contributed by atoms with Crippen LogP contribution >= 0.6 is 38.6 Å². The van der Waals surface area contributed by atoms with Gasteiger partial charge in [-0.25, -0.2) is 10.4 Å². The minimum Gasteiger partial charge on any atom is -0.284 e. The predicted molar refractivity (Wildman–Crippen MR) is 126 cm³/mol. The highest BCUT2D eigenvalue weighted by Crippen LogP contribution is 2.27. The molecule has 4 nitrogen and oxygen atoms in total. The highest BCUT2D eigenvalue weighted by atomic mass is 79.9. The maximum Gasteiger partial charge on any atom is 0.213 e. The van der Waals surface area contributed by atoms with Gasteiger partial charge in [0.25, 0.3) is 0 Å². The monoisotopic (exact) mass is 478 g/mol. The van der Waals surface area contributed by atoms with E-state index in [4.69, 9.17) is 0 Å². The van der Waals surface area contributed by atoms with Crippen molar-refractivity contribution in [2.75, 3.05) is 5.43 Å². The van der Waals surface area contributed by atoms with Crippen LogP contribution in [0.15, 0.2) is 93.8 Å². The Morgan fingerprint density at radius 3 is 2.45 bits per heavy atom. The molecule has 0 saturated heterocycles. The number of benzene rings is 3. The smallest absolute Gasteiger partial charge is 0.213 e. The molecule has 7 heteroatoms. The van der Waals surface area contributed by atoms with Gasteiger partial charge in [0.05, 0.1) is 15.9 Å². The number of hydrogen-bond acceptors (Lipinski definition) is 5. The molecule has 0 aliphatic heterocycles. The van der Waals surface area contributed by atoms with Gasteiger partial charge in [-0.3, -0.25) is 4.57 Å². The summed E-state index contributed by atoms with van der Waals surface area (Å²) in [5, 5.41) is 7.60. The molecular formula is C22H15BrN4S2. The summed E-state index contributed by atoms with van der Waals surface area (Å²) < 4.78 is 4.36. The summed E-state index contributed by atoms with van der Waals surface area (Å²) in [6.45, 7) is 0. The number of hydrogen-bond donors (Lipinski definition) is 1. The maximum absolute atomic E-state index is 4.68. The van der Waals surface area contributed by atoms with Crippen molar-refractivity contribution in [1.82, 2.24) is 9.55 Å². The van der Waals surface area contributed by atoms with Crippen LogP contribution in [0, 0.1) is 0 Å². The lowest BCUT2D eigenvalue weighted by atomic mass is 10.1. The highest BCUT2D eigenvalue weighted by molar-refractivity contribution is 9.10. The standard InChI is InChI=1S/C22H15BrN4S2/c23-16-12-10-15(11-13-16)19-14-28-22(27(19)17-6-2-1-3-7-17)26-25-21-24-18-8-4-5-9-20(18)29-21/h1-14H,(H,24,25)/b26-22+. The third-order valence-corrected chi connectivity index (χ3v) is 6.70. The van der Waals surface area contributed by atoms with Crippen molar-refractivity contribution in [3.05, 3.63) is 93.5 Å². The molecule has 0 saturated carbocycles. The Morgan fingerprint density at radius 1 is 0.897 bits per heavy atom. The van der Waals surface area contributed by atoms with E-state index in [1.807, 2.05) is 36.4 Å². The molecular weight excluding hydrogens is 464 g/mol.